The van der Waals surface area contributed by atoms with E-state index in [4.69, 9.17) is 17.0 Å². The van der Waals surface area contributed by atoms with Crippen molar-refractivity contribution in [2.75, 3.05) is 13.2 Å². The molecule has 22 heavy (non-hydrogen) atoms. The summed E-state index contributed by atoms with van der Waals surface area (Å²) < 4.78 is 6.65. The van der Waals surface area contributed by atoms with Gasteiger partial charge in [0.2, 0.25) is 0 Å². The van der Waals surface area contributed by atoms with Crippen molar-refractivity contribution >= 4 is 56.2 Å². The predicted octanol–water partition coefficient (Wildman–Crippen LogP) is 4.16. The second kappa shape index (κ2) is 7.48. The van der Waals surface area contributed by atoms with Crippen LogP contribution in [0.25, 0.3) is 6.08 Å². The molecular formula is C15H16BrNO3S2. The molecule has 0 saturated carbocycles. The lowest BCUT2D eigenvalue weighted by atomic mass is 10.2. The van der Waals surface area contributed by atoms with Crippen LogP contribution in [0.4, 0.5) is 0 Å². The Bertz CT molecular complexity index is 646. The van der Waals surface area contributed by atoms with E-state index in [1.807, 2.05) is 13.8 Å². The summed E-state index contributed by atoms with van der Waals surface area (Å²) in [5, 5.41) is 9.84. The van der Waals surface area contributed by atoms with Crippen LogP contribution in [0.1, 0.15) is 25.8 Å². The molecule has 0 aromatic heterocycles. The molecule has 2 rings (SSSR count). The molecule has 1 amide bonds. The maximum atomic E-state index is 12.4. The number of ether oxygens (including phenoxy) is 1. The van der Waals surface area contributed by atoms with Gasteiger partial charge in [-0.2, -0.15) is 0 Å². The topological polar surface area (TPSA) is 49.8 Å². The number of hydrogen-bond donors (Lipinski definition) is 1. The number of thiocarbonyl (C=S) groups is 1. The maximum Gasteiger partial charge on any atom is 0.266 e. The fourth-order valence-electron chi connectivity index (χ4n) is 2.00. The molecular weight excluding hydrogens is 386 g/mol. The molecule has 1 saturated heterocycles. The van der Waals surface area contributed by atoms with E-state index < -0.39 is 0 Å². The zero-order chi connectivity index (χ0) is 16.3. The van der Waals surface area contributed by atoms with Crippen LogP contribution in [0.15, 0.2) is 21.5 Å². The fourth-order valence-corrected chi connectivity index (χ4v) is 3.74. The first-order valence-electron chi connectivity index (χ1n) is 6.88. The van der Waals surface area contributed by atoms with Crippen molar-refractivity contribution in [1.82, 2.24) is 4.90 Å². The van der Waals surface area contributed by atoms with Gasteiger partial charge in [0.1, 0.15) is 4.32 Å². The smallest absolute Gasteiger partial charge is 0.266 e. The number of thioether (sulfide) groups is 1. The number of aromatic hydroxyl groups is 1. The summed E-state index contributed by atoms with van der Waals surface area (Å²) >= 11 is 9.94. The molecule has 1 aliphatic heterocycles. The quantitative estimate of drug-likeness (QED) is 0.592. The Hall–Kier alpha value is -1.05. The van der Waals surface area contributed by atoms with E-state index in [1.165, 1.54) is 11.8 Å². The minimum atomic E-state index is -0.0743. The summed E-state index contributed by atoms with van der Waals surface area (Å²) in [6, 6.07) is 3.26. The van der Waals surface area contributed by atoms with Gasteiger partial charge in [0.15, 0.2) is 11.5 Å². The summed E-state index contributed by atoms with van der Waals surface area (Å²) in [7, 11) is 0. The molecule has 0 atom stereocenters. The molecule has 4 nitrogen and oxygen atoms in total. The van der Waals surface area contributed by atoms with E-state index in [9.17, 15) is 9.90 Å². The van der Waals surface area contributed by atoms with Crippen LogP contribution in [0.5, 0.6) is 11.5 Å². The number of nitrogens with zero attached hydrogens (tertiary/aromatic N) is 1. The minimum Gasteiger partial charge on any atom is -0.504 e. The largest absolute Gasteiger partial charge is 0.504 e. The molecule has 1 N–H and O–H groups in total. The standard InChI is InChI=1S/C15H16BrNO3S2/c1-3-5-17-14(19)13(22-15(17)21)7-9-6-12(20-4-2)11(18)8-10(9)16/h6-8,18H,3-5H2,1-2H3/b13-7+. The molecule has 0 radical (unpaired) electrons. The second-order valence-corrected chi connectivity index (χ2v) is 7.14. The van der Waals surface area contributed by atoms with Crippen LogP contribution in [0.2, 0.25) is 0 Å². The highest BCUT2D eigenvalue weighted by atomic mass is 79.9. The van der Waals surface area contributed by atoms with Crippen molar-refractivity contribution in [3.63, 3.8) is 0 Å². The van der Waals surface area contributed by atoms with Crippen molar-refractivity contribution in [2.24, 2.45) is 0 Å². The molecule has 0 unspecified atom stereocenters. The highest BCUT2D eigenvalue weighted by molar-refractivity contribution is 9.10. The van der Waals surface area contributed by atoms with Gasteiger partial charge >= 0.3 is 0 Å². The molecule has 0 spiro atoms. The molecule has 0 bridgehead atoms. The Labute approximate surface area is 147 Å². The number of phenolic OH excluding ortho intramolecular Hbond substituents is 1. The zero-order valence-corrected chi connectivity index (χ0v) is 15.5. The van der Waals surface area contributed by atoms with Gasteiger partial charge in [-0.1, -0.05) is 46.8 Å². The molecule has 1 heterocycles. The lowest BCUT2D eigenvalue weighted by molar-refractivity contribution is -0.122. The number of phenols is 1. The Morgan fingerprint density at radius 3 is 2.82 bits per heavy atom. The number of rotatable bonds is 5. The molecule has 1 aromatic rings. The molecule has 1 fully saturated rings. The van der Waals surface area contributed by atoms with Crippen LogP contribution >= 0.6 is 39.9 Å². The fraction of sp³-hybridized carbons (Fsp3) is 0.333. The number of hydrogen-bond acceptors (Lipinski definition) is 5. The second-order valence-electron chi connectivity index (χ2n) is 4.61. The van der Waals surface area contributed by atoms with Crippen molar-refractivity contribution in [2.45, 2.75) is 20.3 Å². The van der Waals surface area contributed by atoms with Crippen molar-refractivity contribution in [1.29, 1.82) is 0 Å². The molecule has 0 aliphatic carbocycles. The Balaban J connectivity index is 2.35. The van der Waals surface area contributed by atoms with Crippen molar-refractivity contribution in [3.05, 3.63) is 27.1 Å². The number of amides is 1. The first kappa shape index (κ1) is 17.3. The van der Waals surface area contributed by atoms with Gasteiger partial charge in [0, 0.05) is 11.0 Å². The Morgan fingerprint density at radius 2 is 2.18 bits per heavy atom. The first-order valence-corrected chi connectivity index (χ1v) is 8.90. The highest BCUT2D eigenvalue weighted by Crippen LogP contribution is 2.37. The first-order chi connectivity index (χ1) is 10.5. The summed E-state index contributed by atoms with van der Waals surface area (Å²) in [5.41, 5.74) is 0.762. The van der Waals surface area contributed by atoms with E-state index in [0.717, 1.165) is 12.0 Å². The summed E-state index contributed by atoms with van der Waals surface area (Å²) in [5.74, 6) is 0.375. The Kier molecular flexibility index (Phi) is 5.88. The van der Waals surface area contributed by atoms with Gasteiger partial charge in [-0.25, -0.2) is 0 Å². The van der Waals surface area contributed by atoms with Gasteiger partial charge in [-0.15, -0.1) is 0 Å². The molecule has 7 heteroatoms. The zero-order valence-electron chi connectivity index (χ0n) is 12.3. The summed E-state index contributed by atoms with van der Waals surface area (Å²) in [4.78, 5) is 14.5. The maximum absolute atomic E-state index is 12.4. The third-order valence-corrected chi connectivity index (χ3v) is 5.05. The van der Waals surface area contributed by atoms with Gasteiger partial charge in [-0.05, 0) is 37.1 Å². The SMILES string of the molecule is CCCN1C(=O)/C(=C\c2cc(OCC)c(O)cc2Br)SC1=S. The van der Waals surface area contributed by atoms with Gasteiger partial charge in [0.25, 0.3) is 5.91 Å². The lowest BCUT2D eigenvalue weighted by Gasteiger charge is -2.12. The monoisotopic (exact) mass is 401 g/mol. The Morgan fingerprint density at radius 1 is 1.45 bits per heavy atom. The van der Waals surface area contributed by atoms with Crippen molar-refractivity contribution in [3.8, 4) is 11.5 Å². The normalized spacial score (nSPS) is 16.7. The van der Waals surface area contributed by atoms with E-state index in [2.05, 4.69) is 15.9 Å². The van der Waals surface area contributed by atoms with E-state index >= 15 is 0 Å². The van der Waals surface area contributed by atoms with Crippen LogP contribution < -0.4 is 4.74 Å². The number of halogens is 1. The number of carbonyl (C=O) groups is 1. The van der Waals surface area contributed by atoms with Crippen LogP contribution in [0, 0.1) is 0 Å². The van der Waals surface area contributed by atoms with E-state index in [0.29, 0.717) is 32.6 Å². The molecule has 1 aliphatic rings. The van der Waals surface area contributed by atoms with Gasteiger partial charge in [0.05, 0.1) is 11.5 Å². The van der Waals surface area contributed by atoms with Gasteiger partial charge < -0.3 is 9.84 Å². The number of benzene rings is 1. The molecule has 1 aromatic carbocycles. The predicted molar refractivity (Wildman–Crippen MR) is 97.1 cm³/mol. The van der Waals surface area contributed by atoms with E-state index in [1.54, 1.807) is 23.1 Å². The highest BCUT2D eigenvalue weighted by Gasteiger charge is 2.31. The summed E-state index contributed by atoms with van der Waals surface area (Å²) in [6.45, 7) is 4.93. The van der Waals surface area contributed by atoms with Gasteiger partial charge in [-0.3, -0.25) is 9.69 Å². The number of carbonyl (C=O) groups excluding carboxylic acids is 1. The lowest BCUT2D eigenvalue weighted by Crippen LogP contribution is -2.28. The average Bonchev–Trinajstić information content (AvgIpc) is 2.72. The third-order valence-electron chi connectivity index (χ3n) is 2.99. The van der Waals surface area contributed by atoms with Crippen LogP contribution in [-0.2, 0) is 4.79 Å². The van der Waals surface area contributed by atoms with Crippen LogP contribution in [0.3, 0.4) is 0 Å². The van der Waals surface area contributed by atoms with E-state index in [-0.39, 0.29) is 11.7 Å². The average molecular weight is 402 g/mol. The minimum absolute atomic E-state index is 0.0596. The third kappa shape index (κ3) is 3.64. The summed E-state index contributed by atoms with van der Waals surface area (Å²) in [6.07, 6.45) is 2.62. The van der Waals surface area contributed by atoms with Crippen molar-refractivity contribution < 1.29 is 14.6 Å². The molecule has 118 valence electrons. The van der Waals surface area contributed by atoms with Crippen LogP contribution in [-0.4, -0.2) is 33.4 Å².